The molecule has 21 heavy (non-hydrogen) atoms. The smallest absolute Gasteiger partial charge is 0.326 e. The molecule has 1 aromatic rings. The fourth-order valence-electron chi connectivity index (χ4n) is 1.96. The summed E-state index contributed by atoms with van der Waals surface area (Å²) in [7, 11) is 1.38. The van der Waals surface area contributed by atoms with Crippen LogP contribution in [0.1, 0.15) is 40.2 Å². The number of methoxy groups -OCH3 is 1. The van der Waals surface area contributed by atoms with Gasteiger partial charge in [-0.15, -0.1) is 0 Å². The van der Waals surface area contributed by atoms with E-state index in [0.29, 0.717) is 0 Å². The fraction of sp³-hybridized carbons (Fsp3) is 0.588. The van der Waals surface area contributed by atoms with Crippen LogP contribution in [-0.2, 0) is 14.9 Å². The Balaban J connectivity index is 2.65. The number of carbonyl (C=O) groups is 1. The van der Waals surface area contributed by atoms with E-state index < -0.39 is 6.04 Å². The second kappa shape index (κ2) is 7.46. The zero-order chi connectivity index (χ0) is 16.0. The van der Waals surface area contributed by atoms with Crippen LogP contribution in [0.3, 0.4) is 0 Å². The number of hydrogen-bond acceptors (Lipinski definition) is 4. The summed E-state index contributed by atoms with van der Waals surface area (Å²) in [6.07, 6.45) is 0. The Morgan fingerprint density at radius 1 is 1.19 bits per heavy atom. The maximum atomic E-state index is 11.7. The van der Waals surface area contributed by atoms with Gasteiger partial charge in [-0.25, -0.2) is 0 Å². The molecule has 0 aliphatic heterocycles. The fourth-order valence-corrected chi connectivity index (χ4v) is 1.96. The molecule has 1 aromatic carbocycles. The zero-order valence-electron chi connectivity index (χ0n) is 13.9. The summed E-state index contributed by atoms with van der Waals surface area (Å²) in [4.78, 5) is 11.7. The molecule has 0 aliphatic carbocycles. The van der Waals surface area contributed by atoms with Crippen LogP contribution < -0.4 is 10.1 Å². The molecule has 4 nitrogen and oxygen atoms in total. The molecule has 0 fully saturated rings. The highest BCUT2D eigenvalue weighted by Gasteiger charge is 2.20. The van der Waals surface area contributed by atoms with Crippen molar-refractivity contribution in [3.8, 4) is 5.75 Å². The first-order valence-electron chi connectivity index (χ1n) is 7.31. The molecule has 1 atom stereocenters. The summed E-state index contributed by atoms with van der Waals surface area (Å²) in [5.41, 5.74) is 1.37. The Morgan fingerprint density at radius 2 is 1.76 bits per heavy atom. The van der Waals surface area contributed by atoms with Crippen LogP contribution in [-0.4, -0.2) is 31.8 Å². The first-order chi connectivity index (χ1) is 9.74. The van der Waals surface area contributed by atoms with Crippen molar-refractivity contribution >= 4 is 5.97 Å². The van der Waals surface area contributed by atoms with E-state index in [2.05, 4.69) is 38.2 Å². The van der Waals surface area contributed by atoms with Crippen molar-refractivity contribution in [1.82, 2.24) is 5.32 Å². The summed E-state index contributed by atoms with van der Waals surface area (Å²) >= 11 is 0. The van der Waals surface area contributed by atoms with Gasteiger partial charge in [0.2, 0.25) is 0 Å². The minimum atomic E-state index is -0.461. The molecule has 0 aliphatic rings. The molecule has 118 valence electrons. The van der Waals surface area contributed by atoms with Gasteiger partial charge in [0.15, 0.2) is 0 Å². The van der Waals surface area contributed by atoms with E-state index in [4.69, 9.17) is 9.47 Å². The van der Waals surface area contributed by atoms with E-state index in [0.717, 1.165) is 5.75 Å². The molecule has 0 amide bonds. The largest absolute Gasteiger partial charge is 0.491 e. The Bertz CT molecular complexity index is 446. The summed E-state index contributed by atoms with van der Waals surface area (Å²) in [5.74, 6) is 0.442. The predicted molar refractivity (Wildman–Crippen MR) is 84.7 cm³/mol. The molecule has 0 saturated carbocycles. The van der Waals surface area contributed by atoms with Crippen molar-refractivity contribution < 1.29 is 14.3 Å². The second-order valence-electron chi connectivity index (χ2n) is 6.48. The normalized spacial score (nSPS) is 13.1. The Kier molecular flexibility index (Phi) is 6.21. The molecule has 0 saturated heterocycles. The van der Waals surface area contributed by atoms with Crippen molar-refractivity contribution in [3.05, 3.63) is 29.8 Å². The number of hydrogen-bond donors (Lipinski definition) is 1. The number of carbonyl (C=O) groups excluding carboxylic acids is 1. The third kappa shape index (κ3) is 5.76. The van der Waals surface area contributed by atoms with Crippen LogP contribution in [0.25, 0.3) is 0 Å². The molecule has 0 bridgehead atoms. The van der Waals surface area contributed by atoms with Gasteiger partial charge in [0.1, 0.15) is 18.4 Å². The van der Waals surface area contributed by atoms with Crippen molar-refractivity contribution in [2.75, 3.05) is 13.7 Å². The number of ether oxygens (including phenoxy) is 2. The van der Waals surface area contributed by atoms with Crippen LogP contribution in [0.4, 0.5) is 0 Å². The molecule has 1 N–H and O–H groups in total. The van der Waals surface area contributed by atoms with Crippen molar-refractivity contribution in [3.63, 3.8) is 0 Å². The Morgan fingerprint density at radius 3 is 2.19 bits per heavy atom. The van der Waals surface area contributed by atoms with Crippen LogP contribution in [0, 0.1) is 0 Å². The molecule has 1 rings (SSSR count). The summed E-state index contributed by atoms with van der Waals surface area (Å²) < 4.78 is 10.5. The lowest BCUT2D eigenvalue weighted by Crippen LogP contribution is -2.45. The SMILES string of the molecule is COC(=O)C(COc1ccc(C(C)(C)C)cc1)NC(C)C. The summed E-state index contributed by atoms with van der Waals surface area (Å²) in [6, 6.07) is 7.70. The summed E-state index contributed by atoms with van der Waals surface area (Å²) in [6.45, 7) is 10.7. The standard InChI is InChI=1S/C17H27NO3/c1-12(2)18-15(16(19)20-6)11-21-14-9-7-13(8-10-14)17(3,4)5/h7-10,12,15,18H,11H2,1-6H3. The molecule has 0 radical (unpaired) electrons. The minimum absolute atomic E-state index is 0.117. The highest BCUT2D eigenvalue weighted by atomic mass is 16.5. The van der Waals surface area contributed by atoms with Crippen LogP contribution in [0.5, 0.6) is 5.75 Å². The number of rotatable bonds is 6. The molecule has 0 heterocycles. The minimum Gasteiger partial charge on any atom is -0.491 e. The lowest BCUT2D eigenvalue weighted by atomic mass is 9.87. The maximum Gasteiger partial charge on any atom is 0.326 e. The lowest BCUT2D eigenvalue weighted by molar-refractivity contribution is -0.144. The quantitative estimate of drug-likeness (QED) is 0.819. The highest BCUT2D eigenvalue weighted by Crippen LogP contribution is 2.24. The van der Waals surface area contributed by atoms with Gasteiger partial charge in [-0.3, -0.25) is 10.1 Å². The van der Waals surface area contributed by atoms with Gasteiger partial charge >= 0.3 is 5.97 Å². The molecule has 4 heteroatoms. The number of nitrogens with one attached hydrogen (secondary N) is 1. The molecular formula is C17H27NO3. The highest BCUT2D eigenvalue weighted by molar-refractivity contribution is 5.75. The van der Waals surface area contributed by atoms with E-state index in [9.17, 15) is 4.79 Å². The van der Waals surface area contributed by atoms with Crippen LogP contribution >= 0.6 is 0 Å². The van der Waals surface area contributed by atoms with Gasteiger partial charge in [0, 0.05) is 6.04 Å². The predicted octanol–water partition coefficient (Wildman–Crippen LogP) is 2.90. The Hall–Kier alpha value is -1.55. The topological polar surface area (TPSA) is 47.6 Å². The monoisotopic (exact) mass is 293 g/mol. The lowest BCUT2D eigenvalue weighted by Gasteiger charge is -2.21. The number of benzene rings is 1. The molecule has 0 aromatic heterocycles. The third-order valence-corrected chi connectivity index (χ3v) is 3.16. The first kappa shape index (κ1) is 17.5. The van der Waals surface area contributed by atoms with Gasteiger partial charge in [-0.1, -0.05) is 46.8 Å². The number of esters is 1. The average molecular weight is 293 g/mol. The summed E-state index contributed by atoms with van der Waals surface area (Å²) in [5, 5.41) is 3.14. The molecule has 0 spiro atoms. The van der Waals surface area contributed by atoms with E-state index in [-0.39, 0.29) is 24.0 Å². The van der Waals surface area contributed by atoms with E-state index in [1.54, 1.807) is 0 Å². The van der Waals surface area contributed by atoms with Crippen LogP contribution in [0.2, 0.25) is 0 Å². The molecule has 1 unspecified atom stereocenters. The van der Waals surface area contributed by atoms with Gasteiger partial charge in [0.05, 0.1) is 7.11 Å². The van der Waals surface area contributed by atoms with E-state index in [1.165, 1.54) is 12.7 Å². The molecular weight excluding hydrogens is 266 g/mol. The van der Waals surface area contributed by atoms with Crippen molar-refractivity contribution in [2.45, 2.75) is 52.1 Å². The average Bonchev–Trinajstić information content (AvgIpc) is 2.41. The van der Waals surface area contributed by atoms with E-state index >= 15 is 0 Å². The van der Waals surface area contributed by atoms with Gasteiger partial charge in [-0.05, 0) is 23.1 Å². The van der Waals surface area contributed by atoms with Gasteiger partial charge in [0.25, 0.3) is 0 Å². The van der Waals surface area contributed by atoms with E-state index in [1.807, 2.05) is 26.0 Å². The Labute approximate surface area is 127 Å². The van der Waals surface area contributed by atoms with Crippen molar-refractivity contribution in [1.29, 1.82) is 0 Å². The maximum absolute atomic E-state index is 11.7. The van der Waals surface area contributed by atoms with Gasteiger partial charge in [-0.2, -0.15) is 0 Å². The van der Waals surface area contributed by atoms with Crippen LogP contribution in [0.15, 0.2) is 24.3 Å². The van der Waals surface area contributed by atoms with Crippen molar-refractivity contribution in [2.24, 2.45) is 0 Å². The second-order valence-corrected chi connectivity index (χ2v) is 6.48. The van der Waals surface area contributed by atoms with Gasteiger partial charge < -0.3 is 9.47 Å². The third-order valence-electron chi connectivity index (χ3n) is 3.16. The first-order valence-corrected chi connectivity index (χ1v) is 7.31. The zero-order valence-corrected chi connectivity index (χ0v) is 13.9.